The molecule has 98 valence electrons. The summed E-state index contributed by atoms with van der Waals surface area (Å²) in [5.74, 6) is 0.929. The Morgan fingerprint density at radius 2 is 1.95 bits per heavy atom. The molecule has 1 saturated carbocycles. The highest BCUT2D eigenvalue weighted by Gasteiger charge is 2.43. The molecule has 2 N–H and O–H groups in total. The Kier molecular flexibility index (Phi) is 3.48. The Morgan fingerprint density at radius 1 is 1.21 bits per heavy atom. The average molecular weight is 293 g/mol. The van der Waals surface area contributed by atoms with E-state index in [1.165, 1.54) is 5.56 Å². The molecule has 1 aliphatic carbocycles. The van der Waals surface area contributed by atoms with Crippen LogP contribution in [0.2, 0.25) is 10.0 Å². The van der Waals surface area contributed by atoms with Gasteiger partial charge < -0.3 is 5.73 Å². The summed E-state index contributed by atoms with van der Waals surface area (Å²) in [5.41, 5.74) is 8.37. The molecule has 0 bridgehead atoms. The van der Waals surface area contributed by atoms with E-state index in [2.05, 4.69) is 29.2 Å². The molecule has 1 aromatic heterocycles. The van der Waals surface area contributed by atoms with Gasteiger partial charge in [0.25, 0.3) is 0 Å². The maximum absolute atomic E-state index is 6.29. The van der Waals surface area contributed by atoms with Gasteiger partial charge in [-0.15, -0.1) is 0 Å². The van der Waals surface area contributed by atoms with Crippen LogP contribution in [-0.2, 0) is 0 Å². The fourth-order valence-corrected chi connectivity index (χ4v) is 3.07. The third kappa shape index (κ3) is 2.62. The van der Waals surface area contributed by atoms with Gasteiger partial charge in [-0.05, 0) is 29.9 Å². The third-order valence-corrected chi connectivity index (χ3v) is 4.19. The highest BCUT2D eigenvalue weighted by Crippen LogP contribution is 2.53. The Hall–Kier alpha value is -1.09. The lowest BCUT2D eigenvalue weighted by Crippen LogP contribution is -2.15. The topological polar surface area (TPSA) is 38.9 Å². The molecule has 4 heteroatoms. The maximum atomic E-state index is 6.29. The van der Waals surface area contributed by atoms with Crippen molar-refractivity contribution in [1.29, 1.82) is 0 Å². The summed E-state index contributed by atoms with van der Waals surface area (Å²) < 4.78 is 0. The fraction of sp³-hybridized carbons (Fsp3) is 0.267. The summed E-state index contributed by atoms with van der Waals surface area (Å²) in [6.07, 6.45) is 2.69. The number of hydrogen-bond acceptors (Lipinski definition) is 2. The zero-order valence-corrected chi connectivity index (χ0v) is 11.8. The molecule has 0 amide bonds. The molecule has 19 heavy (non-hydrogen) atoms. The van der Waals surface area contributed by atoms with E-state index < -0.39 is 0 Å². The molecule has 0 spiro atoms. The predicted octanol–water partition coefficient (Wildman–Crippen LogP) is 4.19. The second-order valence-electron chi connectivity index (χ2n) is 4.96. The van der Waals surface area contributed by atoms with Gasteiger partial charge in [-0.2, -0.15) is 0 Å². The number of aromatic nitrogens is 1. The third-order valence-electron chi connectivity index (χ3n) is 3.68. The van der Waals surface area contributed by atoms with Crippen LogP contribution in [-0.4, -0.2) is 4.98 Å². The maximum Gasteiger partial charge on any atom is 0.0760 e. The highest BCUT2D eigenvalue weighted by atomic mass is 35.5. The first-order valence-corrected chi connectivity index (χ1v) is 7.04. The lowest BCUT2D eigenvalue weighted by atomic mass is 10.0. The second-order valence-corrected chi connectivity index (χ2v) is 5.81. The van der Waals surface area contributed by atoms with Crippen molar-refractivity contribution in [3.05, 3.63) is 63.9 Å². The minimum atomic E-state index is -0.130. The number of benzene rings is 1. The largest absolute Gasteiger partial charge is 0.322 e. The lowest BCUT2D eigenvalue weighted by Gasteiger charge is -2.12. The van der Waals surface area contributed by atoms with Crippen molar-refractivity contribution >= 4 is 23.2 Å². The van der Waals surface area contributed by atoms with Crippen LogP contribution in [0.15, 0.2) is 42.6 Å². The van der Waals surface area contributed by atoms with E-state index >= 15 is 0 Å². The molecule has 0 aliphatic heterocycles. The van der Waals surface area contributed by atoms with Gasteiger partial charge in [0.1, 0.15) is 0 Å². The number of rotatable bonds is 3. The SMILES string of the molecule is NC(c1ncc(Cl)cc1Cl)C1CC1c1ccccc1. The molecule has 3 unspecified atom stereocenters. The molecule has 1 aromatic carbocycles. The van der Waals surface area contributed by atoms with Gasteiger partial charge in [-0.1, -0.05) is 53.5 Å². The van der Waals surface area contributed by atoms with Crippen LogP contribution in [0.25, 0.3) is 0 Å². The molecular weight excluding hydrogens is 279 g/mol. The van der Waals surface area contributed by atoms with Gasteiger partial charge in [0.2, 0.25) is 0 Å². The zero-order valence-electron chi connectivity index (χ0n) is 10.3. The van der Waals surface area contributed by atoms with Crippen LogP contribution in [0.3, 0.4) is 0 Å². The summed E-state index contributed by atoms with van der Waals surface area (Å²) in [7, 11) is 0. The average Bonchev–Trinajstić information content (AvgIpc) is 3.19. The fourth-order valence-electron chi connectivity index (χ4n) is 2.57. The Balaban J connectivity index is 1.78. The highest BCUT2D eigenvalue weighted by molar-refractivity contribution is 6.34. The monoisotopic (exact) mass is 292 g/mol. The molecule has 0 radical (unpaired) electrons. The van der Waals surface area contributed by atoms with E-state index in [0.717, 1.165) is 12.1 Å². The van der Waals surface area contributed by atoms with Crippen LogP contribution in [0.5, 0.6) is 0 Å². The molecule has 2 nitrogen and oxygen atoms in total. The Bertz CT molecular complexity index is 586. The van der Waals surface area contributed by atoms with Crippen molar-refractivity contribution < 1.29 is 0 Å². The van der Waals surface area contributed by atoms with Gasteiger partial charge in [0, 0.05) is 6.20 Å². The lowest BCUT2D eigenvalue weighted by molar-refractivity contribution is 0.599. The summed E-state index contributed by atoms with van der Waals surface area (Å²) in [6.45, 7) is 0. The summed E-state index contributed by atoms with van der Waals surface area (Å²) >= 11 is 12.0. The summed E-state index contributed by atoms with van der Waals surface area (Å²) in [5, 5.41) is 1.09. The van der Waals surface area contributed by atoms with Crippen LogP contribution >= 0.6 is 23.2 Å². The van der Waals surface area contributed by atoms with Crippen LogP contribution in [0, 0.1) is 5.92 Å². The predicted molar refractivity (Wildman–Crippen MR) is 78.5 cm³/mol. The summed E-state index contributed by atoms with van der Waals surface area (Å²) in [4.78, 5) is 4.28. The first-order chi connectivity index (χ1) is 9.16. The first kappa shape index (κ1) is 12.9. The second kappa shape index (κ2) is 5.12. The van der Waals surface area contributed by atoms with E-state index in [4.69, 9.17) is 28.9 Å². The molecule has 2 aromatic rings. The van der Waals surface area contributed by atoms with E-state index in [1.54, 1.807) is 12.3 Å². The van der Waals surface area contributed by atoms with Crippen LogP contribution in [0.1, 0.15) is 29.6 Å². The number of pyridine rings is 1. The van der Waals surface area contributed by atoms with Gasteiger partial charge >= 0.3 is 0 Å². The van der Waals surface area contributed by atoms with Crippen molar-refractivity contribution in [1.82, 2.24) is 4.98 Å². The normalized spacial score (nSPS) is 23.1. The minimum absolute atomic E-state index is 0.130. The number of halogens is 2. The van der Waals surface area contributed by atoms with Crippen LogP contribution < -0.4 is 5.73 Å². The standard InChI is InChI=1S/C15H14Cl2N2/c16-10-6-13(17)15(19-8-10)14(18)12-7-11(12)9-4-2-1-3-5-9/h1-6,8,11-12,14H,7,18H2. The molecular formula is C15H14Cl2N2. The molecule has 1 heterocycles. The van der Waals surface area contributed by atoms with E-state index in [-0.39, 0.29) is 6.04 Å². The van der Waals surface area contributed by atoms with Crippen LogP contribution in [0.4, 0.5) is 0 Å². The van der Waals surface area contributed by atoms with Gasteiger partial charge in [0.15, 0.2) is 0 Å². The number of nitrogens with two attached hydrogens (primary N) is 1. The zero-order chi connectivity index (χ0) is 13.4. The van der Waals surface area contributed by atoms with Gasteiger partial charge in [-0.25, -0.2) is 0 Å². The van der Waals surface area contributed by atoms with E-state index in [0.29, 0.717) is 21.9 Å². The Morgan fingerprint density at radius 3 is 2.63 bits per heavy atom. The van der Waals surface area contributed by atoms with Crippen molar-refractivity contribution in [3.63, 3.8) is 0 Å². The van der Waals surface area contributed by atoms with Gasteiger partial charge in [0.05, 0.1) is 21.8 Å². The Labute approximate surface area is 122 Å². The van der Waals surface area contributed by atoms with E-state index in [1.807, 2.05) is 6.07 Å². The molecule has 1 fully saturated rings. The number of hydrogen-bond donors (Lipinski definition) is 1. The summed E-state index contributed by atoms with van der Waals surface area (Å²) in [6, 6.07) is 12.0. The van der Waals surface area contributed by atoms with Crippen molar-refractivity contribution in [2.24, 2.45) is 11.7 Å². The van der Waals surface area contributed by atoms with E-state index in [9.17, 15) is 0 Å². The first-order valence-electron chi connectivity index (χ1n) is 6.28. The molecule has 0 saturated heterocycles. The molecule has 1 aliphatic rings. The van der Waals surface area contributed by atoms with Crippen molar-refractivity contribution in [3.8, 4) is 0 Å². The van der Waals surface area contributed by atoms with Gasteiger partial charge in [-0.3, -0.25) is 4.98 Å². The quantitative estimate of drug-likeness (QED) is 0.921. The smallest absolute Gasteiger partial charge is 0.0760 e. The van der Waals surface area contributed by atoms with Crippen molar-refractivity contribution in [2.45, 2.75) is 18.4 Å². The minimum Gasteiger partial charge on any atom is -0.322 e. The number of nitrogens with zero attached hydrogens (tertiary/aromatic N) is 1. The molecule has 3 atom stereocenters. The van der Waals surface area contributed by atoms with Crippen molar-refractivity contribution in [2.75, 3.05) is 0 Å². The molecule has 3 rings (SSSR count).